The molecular formula is C18H19N5O3. The Kier molecular flexibility index (Phi) is 4.83. The van der Waals surface area contributed by atoms with Crippen molar-refractivity contribution in [1.82, 2.24) is 19.7 Å². The average Bonchev–Trinajstić information content (AvgIpc) is 2.99. The van der Waals surface area contributed by atoms with E-state index < -0.39 is 0 Å². The molecule has 1 N–H and O–H groups in total. The van der Waals surface area contributed by atoms with Crippen molar-refractivity contribution in [2.24, 2.45) is 0 Å². The van der Waals surface area contributed by atoms with Crippen molar-refractivity contribution in [3.8, 4) is 17.3 Å². The van der Waals surface area contributed by atoms with Crippen molar-refractivity contribution in [1.29, 1.82) is 0 Å². The summed E-state index contributed by atoms with van der Waals surface area (Å²) in [6.07, 6.45) is 1.38. The Hall–Kier alpha value is -3.42. The molecule has 0 radical (unpaired) electrons. The minimum absolute atomic E-state index is 0.333. The van der Waals surface area contributed by atoms with Crippen LogP contribution in [0.4, 0.5) is 5.82 Å². The number of amides is 1. The van der Waals surface area contributed by atoms with Gasteiger partial charge in [0.2, 0.25) is 0 Å². The number of hydrogen-bond acceptors (Lipinski definition) is 6. The maximum absolute atomic E-state index is 12.6. The van der Waals surface area contributed by atoms with Gasteiger partial charge in [-0.1, -0.05) is 0 Å². The Labute approximate surface area is 150 Å². The van der Waals surface area contributed by atoms with Crippen LogP contribution in [0.5, 0.6) is 11.5 Å². The highest BCUT2D eigenvalue weighted by atomic mass is 16.5. The van der Waals surface area contributed by atoms with E-state index in [1.54, 1.807) is 28.9 Å². The third-order valence-electron chi connectivity index (χ3n) is 3.73. The number of methoxy groups -OCH3 is 2. The van der Waals surface area contributed by atoms with Gasteiger partial charge in [0, 0.05) is 23.4 Å². The first-order chi connectivity index (χ1) is 12.5. The van der Waals surface area contributed by atoms with E-state index in [9.17, 15) is 4.79 Å². The third kappa shape index (κ3) is 3.64. The van der Waals surface area contributed by atoms with Crippen molar-refractivity contribution < 1.29 is 14.3 Å². The number of rotatable bonds is 5. The number of carbonyl (C=O) groups excluding carboxylic acids is 1. The number of nitrogens with zero attached hydrogens (tertiary/aromatic N) is 4. The van der Waals surface area contributed by atoms with E-state index in [0.29, 0.717) is 28.7 Å². The predicted octanol–water partition coefficient (Wildman–Crippen LogP) is 2.55. The smallest absolute Gasteiger partial charge is 0.257 e. The molecule has 1 aromatic carbocycles. The van der Waals surface area contributed by atoms with Crippen molar-refractivity contribution in [3.63, 3.8) is 0 Å². The highest BCUT2D eigenvalue weighted by Crippen LogP contribution is 2.23. The zero-order valence-electron chi connectivity index (χ0n) is 15.0. The molecule has 8 nitrogen and oxygen atoms in total. The van der Waals surface area contributed by atoms with E-state index in [2.05, 4.69) is 20.4 Å². The van der Waals surface area contributed by atoms with E-state index in [1.807, 2.05) is 19.9 Å². The summed E-state index contributed by atoms with van der Waals surface area (Å²) in [6.45, 7) is 3.84. The summed E-state index contributed by atoms with van der Waals surface area (Å²) in [5.41, 5.74) is 2.22. The summed E-state index contributed by atoms with van der Waals surface area (Å²) in [4.78, 5) is 20.9. The Bertz CT molecular complexity index is 929. The first-order valence-corrected chi connectivity index (χ1v) is 7.90. The van der Waals surface area contributed by atoms with Gasteiger partial charge in [-0.15, -0.1) is 0 Å². The molecule has 0 saturated carbocycles. The molecule has 134 valence electrons. The zero-order valence-corrected chi connectivity index (χ0v) is 15.0. The lowest BCUT2D eigenvalue weighted by Crippen LogP contribution is -2.14. The van der Waals surface area contributed by atoms with Crippen molar-refractivity contribution in [2.75, 3.05) is 19.5 Å². The SMILES string of the molecule is COc1cc(OC)cc(C(=O)Nc2cc(-n3nc(C)cc3C)ncn2)c1. The molecule has 3 aromatic rings. The van der Waals surface area contributed by atoms with Crippen LogP contribution in [-0.2, 0) is 0 Å². The van der Waals surface area contributed by atoms with E-state index in [-0.39, 0.29) is 5.91 Å². The normalized spacial score (nSPS) is 10.5. The quantitative estimate of drug-likeness (QED) is 0.758. The largest absolute Gasteiger partial charge is 0.497 e. The topological polar surface area (TPSA) is 91.2 Å². The van der Waals surface area contributed by atoms with Crippen LogP contribution >= 0.6 is 0 Å². The summed E-state index contributed by atoms with van der Waals surface area (Å²) in [5.74, 6) is 1.67. The number of ether oxygens (including phenoxy) is 2. The molecule has 26 heavy (non-hydrogen) atoms. The Morgan fingerprint density at radius 2 is 1.69 bits per heavy atom. The number of carbonyl (C=O) groups is 1. The van der Waals surface area contributed by atoms with Crippen molar-refractivity contribution in [2.45, 2.75) is 13.8 Å². The molecule has 0 atom stereocenters. The van der Waals surface area contributed by atoms with E-state index in [4.69, 9.17) is 9.47 Å². The summed E-state index contributed by atoms with van der Waals surface area (Å²) < 4.78 is 12.1. The molecule has 0 unspecified atom stereocenters. The van der Waals surface area contributed by atoms with Gasteiger partial charge in [-0.2, -0.15) is 5.10 Å². The van der Waals surface area contributed by atoms with Gasteiger partial charge in [-0.25, -0.2) is 14.6 Å². The molecule has 3 rings (SSSR count). The zero-order chi connectivity index (χ0) is 18.7. The lowest BCUT2D eigenvalue weighted by Gasteiger charge is -2.10. The molecule has 0 spiro atoms. The standard InChI is InChI=1S/C18H19N5O3/c1-11-5-12(2)23(22-11)17-9-16(19-10-20-17)21-18(24)13-6-14(25-3)8-15(7-13)26-4/h5-10H,1-4H3,(H,19,20,21,24). The lowest BCUT2D eigenvalue weighted by atomic mass is 10.2. The van der Waals surface area contributed by atoms with E-state index >= 15 is 0 Å². The van der Waals surface area contributed by atoms with Gasteiger partial charge in [0.25, 0.3) is 5.91 Å². The number of aromatic nitrogens is 4. The summed E-state index contributed by atoms with van der Waals surface area (Å²) >= 11 is 0. The molecule has 0 aliphatic carbocycles. The van der Waals surface area contributed by atoms with Crippen LogP contribution < -0.4 is 14.8 Å². The minimum atomic E-state index is -0.333. The number of aryl methyl sites for hydroxylation is 2. The Morgan fingerprint density at radius 1 is 1.00 bits per heavy atom. The van der Waals surface area contributed by atoms with Crippen LogP contribution in [0.25, 0.3) is 5.82 Å². The van der Waals surface area contributed by atoms with Crippen LogP contribution in [0, 0.1) is 13.8 Å². The molecule has 0 aliphatic rings. The van der Waals surface area contributed by atoms with Crippen LogP contribution in [0.3, 0.4) is 0 Å². The average molecular weight is 353 g/mol. The van der Waals surface area contributed by atoms with Crippen molar-refractivity contribution in [3.05, 3.63) is 53.6 Å². The summed E-state index contributed by atoms with van der Waals surface area (Å²) in [6, 6.07) is 8.56. The molecule has 0 saturated heterocycles. The Balaban J connectivity index is 1.86. The Morgan fingerprint density at radius 3 is 2.27 bits per heavy atom. The fraction of sp³-hybridized carbons (Fsp3) is 0.222. The highest BCUT2D eigenvalue weighted by Gasteiger charge is 2.12. The molecule has 8 heteroatoms. The number of benzene rings is 1. The van der Waals surface area contributed by atoms with Crippen LogP contribution in [0.15, 0.2) is 36.7 Å². The fourth-order valence-electron chi connectivity index (χ4n) is 2.52. The van der Waals surface area contributed by atoms with Gasteiger partial charge in [0.05, 0.1) is 19.9 Å². The third-order valence-corrected chi connectivity index (χ3v) is 3.73. The summed E-state index contributed by atoms with van der Waals surface area (Å²) in [5, 5.41) is 7.14. The van der Waals surface area contributed by atoms with Crippen LogP contribution in [-0.4, -0.2) is 39.9 Å². The van der Waals surface area contributed by atoms with Crippen molar-refractivity contribution >= 4 is 11.7 Å². The van der Waals surface area contributed by atoms with Gasteiger partial charge in [0.1, 0.15) is 23.6 Å². The molecule has 0 fully saturated rings. The van der Waals surface area contributed by atoms with E-state index in [0.717, 1.165) is 11.4 Å². The molecule has 2 aromatic heterocycles. The van der Waals surface area contributed by atoms with Gasteiger partial charge >= 0.3 is 0 Å². The number of nitrogens with one attached hydrogen (secondary N) is 1. The lowest BCUT2D eigenvalue weighted by molar-refractivity contribution is 0.102. The fourth-order valence-corrected chi connectivity index (χ4v) is 2.52. The molecule has 2 heterocycles. The molecule has 1 amide bonds. The second kappa shape index (κ2) is 7.22. The molecule has 0 bridgehead atoms. The second-order valence-corrected chi connectivity index (χ2v) is 5.66. The van der Waals surface area contributed by atoms with E-state index in [1.165, 1.54) is 20.5 Å². The van der Waals surface area contributed by atoms with Gasteiger partial charge in [-0.3, -0.25) is 4.79 Å². The first-order valence-electron chi connectivity index (χ1n) is 7.90. The molecular weight excluding hydrogens is 334 g/mol. The summed E-state index contributed by atoms with van der Waals surface area (Å²) in [7, 11) is 3.06. The van der Waals surface area contributed by atoms with Gasteiger partial charge in [-0.05, 0) is 32.0 Å². The van der Waals surface area contributed by atoms with Crippen LogP contribution in [0.2, 0.25) is 0 Å². The molecule has 0 aliphatic heterocycles. The van der Waals surface area contributed by atoms with Gasteiger partial charge < -0.3 is 14.8 Å². The first kappa shape index (κ1) is 17.4. The number of anilines is 1. The highest BCUT2D eigenvalue weighted by molar-refractivity contribution is 6.04. The maximum atomic E-state index is 12.6. The second-order valence-electron chi connectivity index (χ2n) is 5.66. The number of hydrogen-bond donors (Lipinski definition) is 1. The predicted molar refractivity (Wildman–Crippen MR) is 96.1 cm³/mol. The maximum Gasteiger partial charge on any atom is 0.257 e. The minimum Gasteiger partial charge on any atom is -0.497 e. The van der Waals surface area contributed by atoms with Gasteiger partial charge in [0.15, 0.2) is 5.82 Å². The monoisotopic (exact) mass is 353 g/mol. The van der Waals surface area contributed by atoms with Crippen LogP contribution in [0.1, 0.15) is 21.7 Å².